The minimum Gasteiger partial charge on any atom is -0.491 e. The number of rotatable bonds is 4. The molecule has 1 saturated heterocycles. The van der Waals surface area contributed by atoms with Crippen molar-refractivity contribution in [1.82, 2.24) is 0 Å². The molecule has 0 saturated carbocycles. The van der Waals surface area contributed by atoms with Crippen LogP contribution in [0.25, 0.3) is 0 Å². The van der Waals surface area contributed by atoms with Crippen molar-refractivity contribution in [3.8, 4) is 5.75 Å². The summed E-state index contributed by atoms with van der Waals surface area (Å²) < 4.78 is 49.0. The molecule has 0 bridgehead atoms. The van der Waals surface area contributed by atoms with Gasteiger partial charge < -0.3 is 22.4 Å². The molecule has 0 radical (unpaired) electrons. The third-order valence-corrected chi connectivity index (χ3v) is 3.30. The highest BCUT2D eigenvalue weighted by Gasteiger charge is 2.27. The molecule has 0 aromatic heterocycles. The van der Waals surface area contributed by atoms with E-state index in [0.717, 1.165) is 31.9 Å². The Labute approximate surface area is 111 Å². The van der Waals surface area contributed by atoms with Gasteiger partial charge in [-0.1, -0.05) is 11.6 Å². The van der Waals surface area contributed by atoms with Crippen LogP contribution in [0.1, 0.15) is 24.8 Å². The second kappa shape index (κ2) is 5.86. The van der Waals surface area contributed by atoms with Crippen molar-refractivity contribution in [1.29, 1.82) is 0 Å². The van der Waals surface area contributed by atoms with Gasteiger partial charge >= 0.3 is 6.98 Å². The number of halogens is 3. The number of hydrogen-bond acceptors (Lipinski definition) is 2. The zero-order valence-electron chi connectivity index (χ0n) is 10.9. The lowest BCUT2D eigenvalue weighted by atomic mass is 9.77. The van der Waals surface area contributed by atoms with E-state index in [9.17, 15) is 12.9 Å². The zero-order valence-corrected chi connectivity index (χ0v) is 10.9. The largest absolute Gasteiger partial charge is 0.509 e. The molecule has 19 heavy (non-hydrogen) atoms. The van der Waals surface area contributed by atoms with E-state index in [1.165, 1.54) is 19.1 Å². The number of ether oxygens (including phenoxy) is 2. The average Bonchev–Trinajstić information content (AvgIpc) is 2.36. The lowest BCUT2D eigenvalue weighted by Crippen LogP contribution is -2.36. The maximum absolute atomic E-state index is 12.7. The summed E-state index contributed by atoms with van der Waals surface area (Å²) in [5.74, 6) is 0.468. The monoisotopic (exact) mass is 273 g/mol. The Hall–Kier alpha value is -1.17. The van der Waals surface area contributed by atoms with Gasteiger partial charge in [-0.2, -0.15) is 0 Å². The van der Waals surface area contributed by atoms with Crippen molar-refractivity contribution in [2.24, 2.45) is 0 Å². The van der Waals surface area contributed by atoms with Crippen molar-refractivity contribution < 1.29 is 22.4 Å². The minimum absolute atomic E-state index is 0.0561. The van der Waals surface area contributed by atoms with Crippen LogP contribution in [-0.4, -0.2) is 26.3 Å². The van der Waals surface area contributed by atoms with Crippen LogP contribution in [0.5, 0.6) is 5.75 Å². The molecule has 1 aliphatic heterocycles. The van der Waals surface area contributed by atoms with Gasteiger partial charge in [0, 0.05) is 6.61 Å². The van der Waals surface area contributed by atoms with Gasteiger partial charge in [-0.3, -0.25) is 0 Å². The molecule has 2 rings (SSSR count). The molecule has 1 aromatic carbocycles. The van der Waals surface area contributed by atoms with E-state index >= 15 is 0 Å². The first-order valence-corrected chi connectivity index (χ1v) is 6.52. The van der Waals surface area contributed by atoms with Crippen LogP contribution in [0.4, 0.5) is 12.9 Å². The number of aryl methyl sites for hydroxylation is 1. The quantitative estimate of drug-likeness (QED) is 0.785. The fourth-order valence-corrected chi connectivity index (χ4v) is 2.23. The molecule has 0 spiro atoms. The van der Waals surface area contributed by atoms with Crippen LogP contribution in [0.15, 0.2) is 18.2 Å². The second-order valence-corrected chi connectivity index (χ2v) is 4.89. The SMILES string of the molecule is Cc1cc(OCC2CCCCO2)ccc1[B-](F)(F)F. The minimum atomic E-state index is -4.95. The van der Waals surface area contributed by atoms with Gasteiger partial charge in [-0.05, 0) is 38.3 Å². The van der Waals surface area contributed by atoms with Gasteiger partial charge in [0.25, 0.3) is 0 Å². The van der Waals surface area contributed by atoms with E-state index in [2.05, 4.69) is 0 Å². The van der Waals surface area contributed by atoms with Crippen molar-refractivity contribution in [3.05, 3.63) is 23.8 Å². The molecule has 1 atom stereocenters. The molecule has 0 N–H and O–H groups in total. The third kappa shape index (κ3) is 3.90. The van der Waals surface area contributed by atoms with E-state index in [0.29, 0.717) is 12.4 Å². The summed E-state index contributed by atoms with van der Waals surface area (Å²) in [5.41, 5.74) is -0.351. The summed E-state index contributed by atoms with van der Waals surface area (Å²) in [5, 5.41) is 0. The average molecular weight is 273 g/mol. The summed E-state index contributed by atoms with van der Waals surface area (Å²) in [4.78, 5) is 0. The molecule has 2 nitrogen and oxygen atoms in total. The fraction of sp³-hybridized carbons (Fsp3) is 0.538. The van der Waals surface area contributed by atoms with Crippen LogP contribution in [0, 0.1) is 6.92 Å². The molecule has 1 aromatic rings. The summed E-state index contributed by atoms with van der Waals surface area (Å²) in [6, 6.07) is 3.90. The van der Waals surface area contributed by atoms with E-state index in [4.69, 9.17) is 9.47 Å². The first-order chi connectivity index (χ1) is 8.97. The Kier molecular flexibility index (Phi) is 4.40. The topological polar surface area (TPSA) is 18.5 Å². The summed E-state index contributed by atoms with van der Waals surface area (Å²) in [6.45, 7) is -2.36. The fourth-order valence-electron chi connectivity index (χ4n) is 2.23. The lowest BCUT2D eigenvalue weighted by molar-refractivity contribution is -0.0110. The lowest BCUT2D eigenvalue weighted by Gasteiger charge is -2.23. The highest BCUT2D eigenvalue weighted by atomic mass is 19.4. The molecule has 1 heterocycles. The smallest absolute Gasteiger partial charge is 0.491 e. The van der Waals surface area contributed by atoms with Crippen LogP contribution in [-0.2, 0) is 4.74 Å². The molecular weight excluding hydrogens is 256 g/mol. The highest BCUT2D eigenvalue weighted by molar-refractivity contribution is 6.74. The highest BCUT2D eigenvalue weighted by Crippen LogP contribution is 2.19. The molecular formula is C13H17BF3O2-. The Morgan fingerprint density at radius 2 is 2.11 bits per heavy atom. The van der Waals surface area contributed by atoms with E-state index in [-0.39, 0.29) is 11.7 Å². The summed E-state index contributed by atoms with van der Waals surface area (Å²) in [7, 11) is 0. The van der Waals surface area contributed by atoms with Gasteiger partial charge in [0.05, 0.1) is 6.10 Å². The third-order valence-electron chi connectivity index (χ3n) is 3.30. The van der Waals surface area contributed by atoms with E-state index in [1.807, 2.05) is 0 Å². The van der Waals surface area contributed by atoms with Crippen LogP contribution in [0.3, 0.4) is 0 Å². The van der Waals surface area contributed by atoms with Gasteiger partial charge in [0.2, 0.25) is 0 Å². The Morgan fingerprint density at radius 3 is 2.68 bits per heavy atom. The maximum atomic E-state index is 12.7. The van der Waals surface area contributed by atoms with Gasteiger partial charge in [0.15, 0.2) is 0 Å². The predicted molar refractivity (Wildman–Crippen MR) is 69.0 cm³/mol. The first-order valence-electron chi connectivity index (χ1n) is 6.52. The van der Waals surface area contributed by atoms with Crippen LogP contribution >= 0.6 is 0 Å². The van der Waals surface area contributed by atoms with E-state index in [1.54, 1.807) is 0 Å². The van der Waals surface area contributed by atoms with Crippen LogP contribution in [0.2, 0.25) is 0 Å². The Balaban J connectivity index is 1.96. The summed E-state index contributed by atoms with van der Waals surface area (Å²) in [6.07, 6.45) is 3.18. The molecule has 1 fully saturated rings. The molecule has 1 unspecified atom stereocenters. The number of benzene rings is 1. The van der Waals surface area contributed by atoms with Crippen LogP contribution < -0.4 is 10.2 Å². The van der Waals surface area contributed by atoms with Gasteiger partial charge in [-0.25, -0.2) is 0 Å². The summed E-state index contributed by atoms with van der Waals surface area (Å²) >= 11 is 0. The first kappa shape index (κ1) is 14.2. The Morgan fingerprint density at radius 1 is 1.32 bits per heavy atom. The van der Waals surface area contributed by atoms with Crippen molar-refractivity contribution in [2.75, 3.05) is 13.2 Å². The molecule has 6 heteroatoms. The van der Waals surface area contributed by atoms with Crippen molar-refractivity contribution in [2.45, 2.75) is 32.3 Å². The number of hydrogen-bond donors (Lipinski definition) is 0. The molecule has 0 amide bonds. The zero-order chi connectivity index (χ0) is 13.9. The van der Waals surface area contributed by atoms with Crippen molar-refractivity contribution in [3.63, 3.8) is 0 Å². The normalized spacial score (nSPS) is 20.3. The Bertz CT molecular complexity index is 428. The molecule has 106 valence electrons. The van der Waals surface area contributed by atoms with E-state index < -0.39 is 12.4 Å². The maximum Gasteiger partial charge on any atom is 0.509 e. The second-order valence-electron chi connectivity index (χ2n) is 4.89. The molecule has 1 aliphatic rings. The van der Waals surface area contributed by atoms with Gasteiger partial charge in [0.1, 0.15) is 12.4 Å². The molecule has 0 aliphatic carbocycles. The van der Waals surface area contributed by atoms with Crippen molar-refractivity contribution >= 4 is 12.4 Å². The van der Waals surface area contributed by atoms with Gasteiger partial charge in [-0.15, -0.1) is 5.46 Å². The standard InChI is InChI=1S/C13H17BF3O2/c1-10-8-11(5-6-13(10)14(15,16)17)19-9-12-4-2-3-7-18-12/h5-6,8,12H,2-4,7,9H2,1H3/q-1. The predicted octanol–water partition coefficient (Wildman–Crippen LogP) is 3.00.